The second kappa shape index (κ2) is 11.3. The third kappa shape index (κ3) is 5.64. The smallest absolute Gasteiger partial charge is 0.225 e. The van der Waals surface area contributed by atoms with E-state index in [4.69, 9.17) is 4.99 Å². The Balaban J connectivity index is 0.00000256. The minimum absolute atomic E-state index is 0. The number of guanidine groups is 1. The molecule has 1 unspecified atom stereocenters. The molecule has 1 aliphatic carbocycles. The van der Waals surface area contributed by atoms with Gasteiger partial charge in [-0.3, -0.25) is 4.79 Å². The van der Waals surface area contributed by atoms with Gasteiger partial charge >= 0.3 is 0 Å². The van der Waals surface area contributed by atoms with Gasteiger partial charge in [0.1, 0.15) is 12.4 Å². The van der Waals surface area contributed by atoms with Crippen molar-refractivity contribution in [1.82, 2.24) is 30.3 Å². The fourth-order valence-electron chi connectivity index (χ4n) is 4.83. The molecule has 168 valence electrons. The van der Waals surface area contributed by atoms with Gasteiger partial charge in [0.15, 0.2) is 11.8 Å². The van der Waals surface area contributed by atoms with Crippen LogP contribution in [0.2, 0.25) is 0 Å². The van der Waals surface area contributed by atoms with Crippen molar-refractivity contribution >= 4 is 35.8 Å². The lowest BCUT2D eigenvalue weighted by Gasteiger charge is -2.21. The average molecular weight is 529 g/mol. The zero-order chi connectivity index (χ0) is 20.1. The van der Waals surface area contributed by atoms with Crippen LogP contribution in [0.4, 0.5) is 0 Å². The molecule has 1 amide bonds. The molecule has 3 aliphatic rings. The van der Waals surface area contributed by atoms with Crippen molar-refractivity contribution in [2.45, 2.75) is 83.8 Å². The zero-order valence-corrected chi connectivity index (χ0v) is 20.4. The molecular weight excluding hydrogens is 493 g/mol. The topological polar surface area (TPSA) is 87.4 Å². The molecular formula is C21H36IN7O. The Kier molecular flexibility index (Phi) is 8.76. The van der Waals surface area contributed by atoms with Crippen LogP contribution in [0.25, 0.3) is 0 Å². The molecule has 2 fully saturated rings. The SMILES string of the molecule is CCNC(=NCc1nnc2n1CCCCC2)NC1CCN(C(=O)C2CCCC2)C1.I. The third-order valence-electron chi connectivity index (χ3n) is 6.45. The predicted octanol–water partition coefficient (Wildman–Crippen LogP) is 2.47. The molecule has 1 aromatic rings. The molecule has 0 bridgehead atoms. The lowest BCUT2D eigenvalue weighted by atomic mass is 10.1. The van der Waals surface area contributed by atoms with Crippen LogP contribution in [0.15, 0.2) is 4.99 Å². The van der Waals surface area contributed by atoms with Crippen LogP contribution >= 0.6 is 24.0 Å². The minimum Gasteiger partial charge on any atom is -0.357 e. The summed E-state index contributed by atoms with van der Waals surface area (Å²) >= 11 is 0. The van der Waals surface area contributed by atoms with Crippen LogP contribution in [0.5, 0.6) is 0 Å². The molecule has 2 aliphatic heterocycles. The van der Waals surface area contributed by atoms with Crippen LogP contribution in [0.3, 0.4) is 0 Å². The van der Waals surface area contributed by atoms with Gasteiger partial charge in [-0.25, -0.2) is 4.99 Å². The van der Waals surface area contributed by atoms with Crippen LogP contribution in [-0.4, -0.2) is 57.2 Å². The molecule has 30 heavy (non-hydrogen) atoms. The monoisotopic (exact) mass is 529 g/mol. The third-order valence-corrected chi connectivity index (χ3v) is 6.45. The number of fused-ring (bicyclic) bond motifs is 1. The summed E-state index contributed by atoms with van der Waals surface area (Å²) in [5.41, 5.74) is 0. The lowest BCUT2D eigenvalue weighted by Crippen LogP contribution is -2.45. The predicted molar refractivity (Wildman–Crippen MR) is 128 cm³/mol. The fraction of sp³-hybridized carbons (Fsp3) is 0.810. The van der Waals surface area contributed by atoms with E-state index >= 15 is 0 Å². The molecule has 4 rings (SSSR count). The second-order valence-electron chi connectivity index (χ2n) is 8.59. The number of hydrogen-bond acceptors (Lipinski definition) is 4. The molecule has 1 aromatic heterocycles. The standard InChI is InChI=1S/C21H35N7O.HI/c1-2-22-21(23-14-19-26-25-18-10-4-3-7-12-28(18)19)24-17-11-13-27(15-17)20(29)16-8-5-6-9-16;/h16-17H,2-15H2,1H3,(H2,22,23,24);1H. The molecule has 1 atom stereocenters. The number of amides is 1. The van der Waals surface area contributed by atoms with Crippen molar-refractivity contribution in [2.24, 2.45) is 10.9 Å². The Morgan fingerprint density at radius 2 is 1.93 bits per heavy atom. The van der Waals surface area contributed by atoms with E-state index in [1.807, 2.05) is 0 Å². The van der Waals surface area contributed by atoms with Crippen LogP contribution < -0.4 is 10.6 Å². The quantitative estimate of drug-likeness (QED) is 0.348. The molecule has 1 saturated carbocycles. The van der Waals surface area contributed by atoms with Gasteiger partial charge in [-0.2, -0.15) is 0 Å². The highest BCUT2D eigenvalue weighted by Crippen LogP contribution is 2.27. The number of aromatic nitrogens is 3. The van der Waals surface area contributed by atoms with Gasteiger partial charge in [0.2, 0.25) is 5.91 Å². The summed E-state index contributed by atoms with van der Waals surface area (Å²) in [6, 6.07) is 0.258. The number of halogens is 1. The van der Waals surface area contributed by atoms with Gasteiger partial charge in [-0.05, 0) is 39.0 Å². The fourth-order valence-corrected chi connectivity index (χ4v) is 4.83. The first kappa shape index (κ1) is 23.3. The highest BCUT2D eigenvalue weighted by Gasteiger charge is 2.32. The maximum absolute atomic E-state index is 12.7. The Bertz CT molecular complexity index is 729. The Hall–Kier alpha value is -1.39. The molecule has 2 N–H and O–H groups in total. The van der Waals surface area contributed by atoms with Gasteiger partial charge in [0.05, 0.1) is 0 Å². The maximum Gasteiger partial charge on any atom is 0.225 e. The first-order valence-electron chi connectivity index (χ1n) is 11.5. The number of likely N-dealkylation sites (tertiary alicyclic amines) is 1. The number of carbonyl (C=O) groups excluding carboxylic acids is 1. The highest BCUT2D eigenvalue weighted by atomic mass is 127. The summed E-state index contributed by atoms with van der Waals surface area (Å²) in [5.74, 6) is 3.48. The van der Waals surface area contributed by atoms with E-state index in [9.17, 15) is 4.79 Å². The van der Waals surface area contributed by atoms with Crippen molar-refractivity contribution in [3.8, 4) is 0 Å². The van der Waals surface area contributed by atoms with E-state index in [1.54, 1.807) is 0 Å². The van der Waals surface area contributed by atoms with Crippen molar-refractivity contribution < 1.29 is 4.79 Å². The first-order valence-corrected chi connectivity index (χ1v) is 11.5. The minimum atomic E-state index is 0. The van der Waals surface area contributed by atoms with E-state index in [0.29, 0.717) is 12.5 Å². The average Bonchev–Trinajstić information content (AvgIpc) is 3.45. The summed E-state index contributed by atoms with van der Waals surface area (Å²) in [6.07, 6.45) is 10.2. The first-order chi connectivity index (χ1) is 14.2. The molecule has 0 radical (unpaired) electrons. The maximum atomic E-state index is 12.7. The summed E-state index contributed by atoms with van der Waals surface area (Å²) < 4.78 is 2.25. The van der Waals surface area contributed by atoms with E-state index in [0.717, 1.165) is 69.5 Å². The number of nitrogens with one attached hydrogen (secondary N) is 2. The largest absolute Gasteiger partial charge is 0.357 e. The Morgan fingerprint density at radius 3 is 2.73 bits per heavy atom. The van der Waals surface area contributed by atoms with Crippen molar-refractivity contribution in [3.05, 3.63) is 11.6 Å². The Morgan fingerprint density at radius 1 is 1.10 bits per heavy atom. The van der Waals surface area contributed by atoms with Crippen LogP contribution in [0.1, 0.15) is 69.9 Å². The Labute approximate surface area is 196 Å². The molecule has 1 saturated heterocycles. The molecule has 9 heteroatoms. The van der Waals surface area contributed by atoms with Crippen molar-refractivity contribution in [2.75, 3.05) is 19.6 Å². The van der Waals surface area contributed by atoms with Gasteiger partial charge < -0.3 is 20.1 Å². The summed E-state index contributed by atoms with van der Waals surface area (Å²) in [6.45, 7) is 6.04. The molecule has 0 aromatic carbocycles. The highest BCUT2D eigenvalue weighted by molar-refractivity contribution is 14.0. The van der Waals surface area contributed by atoms with Gasteiger partial charge in [0.25, 0.3) is 0 Å². The van der Waals surface area contributed by atoms with E-state index in [1.165, 1.54) is 32.1 Å². The van der Waals surface area contributed by atoms with E-state index < -0.39 is 0 Å². The van der Waals surface area contributed by atoms with E-state index in [2.05, 4.69) is 37.2 Å². The zero-order valence-electron chi connectivity index (χ0n) is 18.1. The van der Waals surface area contributed by atoms with E-state index in [-0.39, 0.29) is 35.9 Å². The van der Waals surface area contributed by atoms with Gasteiger partial charge in [0, 0.05) is 44.6 Å². The number of aliphatic imine (C=N–C) groups is 1. The van der Waals surface area contributed by atoms with Crippen LogP contribution in [-0.2, 0) is 24.3 Å². The normalized spacial score (nSPS) is 22.4. The molecule has 0 spiro atoms. The summed E-state index contributed by atoms with van der Waals surface area (Å²) in [4.78, 5) is 19.5. The summed E-state index contributed by atoms with van der Waals surface area (Å²) in [5, 5.41) is 15.6. The van der Waals surface area contributed by atoms with Crippen molar-refractivity contribution in [3.63, 3.8) is 0 Å². The number of carbonyl (C=O) groups is 1. The molecule has 8 nitrogen and oxygen atoms in total. The number of nitrogens with zero attached hydrogens (tertiary/aromatic N) is 5. The lowest BCUT2D eigenvalue weighted by molar-refractivity contribution is -0.134. The van der Waals surface area contributed by atoms with Crippen LogP contribution in [0, 0.1) is 5.92 Å². The number of hydrogen-bond donors (Lipinski definition) is 2. The summed E-state index contributed by atoms with van der Waals surface area (Å²) in [7, 11) is 0. The number of rotatable bonds is 5. The van der Waals surface area contributed by atoms with Gasteiger partial charge in [-0.15, -0.1) is 34.2 Å². The van der Waals surface area contributed by atoms with Crippen molar-refractivity contribution in [1.29, 1.82) is 0 Å². The molecule has 3 heterocycles. The van der Waals surface area contributed by atoms with Gasteiger partial charge in [-0.1, -0.05) is 19.3 Å². The second-order valence-corrected chi connectivity index (χ2v) is 8.59. The number of aryl methyl sites for hydroxylation is 1.